The van der Waals surface area contributed by atoms with Crippen LogP contribution in [0.5, 0.6) is 0 Å². The van der Waals surface area contributed by atoms with Gasteiger partial charge in [-0.15, -0.1) is 0 Å². The van der Waals surface area contributed by atoms with Gasteiger partial charge in [0.1, 0.15) is 11.5 Å². The average Bonchev–Trinajstić information content (AvgIpc) is 2.38. The zero-order valence-corrected chi connectivity index (χ0v) is 13.5. The van der Waals surface area contributed by atoms with Gasteiger partial charge < -0.3 is 10.5 Å². The monoisotopic (exact) mass is 330 g/mol. The second-order valence-corrected chi connectivity index (χ2v) is 6.90. The zero-order valence-electron chi connectivity index (χ0n) is 11.9. The topological polar surface area (TPSA) is 89.7 Å². The molecule has 0 atom stereocenters. The van der Waals surface area contributed by atoms with Crippen molar-refractivity contribution in [1.82, 2.24) is 4.31 Å². The molecule has 116 valence electrons. The number of benzene rings is 1. The summed E-state index contributed by atoms with van der Waals surface area (Å²) in [5.41, 5.74) is 6.67. The first-order valence-corrected chi connectivity index (χ1v) is 8.26. The summed E-state index contributed by atoms with van der Waals surface area (Å²) in [4.78, 5) is 11.5. The Morgan fingerprint density at radius 2 is 2.10 bits per heavy atom. The van der Waals surface area contributed by atoms with Gasteiger partial charge in [-0.05, 0) is 18.6 Å². The molecule has 0 aromatic heterocycles. The highest BCUT2D eigenvalue weighted by atomic mass is 32.2. The summed E-state index contributed by atoms with van der Waals surface area (Å²) in [6, 6.07) is 6.68. The van der Waals surface area contributed by atoms with Crippen LogP contribution in [0.4, 0.5) is 0 Å². The fourth-order valence-corrected chi connectivity index (χ4v) is 2.87. The molecule has 0 heterocycles. The van der Waals surface area contributed by atoms with Gasteiger partial charge in [0.15, 0.2) is 0 Å². The molecule has 0 unspecified atom stereocenters. The quantitative estimate of drug-likeness (QED) is 0.583. The number of sulfonamides is 1. The Morgan fingerprint density at radius 1 is 1.43 bits per heavy atom. The Morgan fingerprint density at radius 3 is 2.67 bits per heavy atom. The number of carbonyl (C=O) groups is 1. The predicted octanol–water partition coefficient (Wildman–Crippen LogP) is 0.646. The van der Waals surface area contributed by atoms with Gasteiger partial charge in [-0.25, -0.2) is 8.42 Å². The van der Waals surface area contributed by atoms with Crippen molar-refractivity contribution in [2.45, 2.75) is 12.7 Å². The SMILES string of the molecule is CCOC(=O)CN(C)S(=O)(=O)Cc1cccc(C(N)=S)c1. The van der Waals surface area contributed by atoms with E-state index in [0.717, 1.165) is 4.31 Å². The average molecular weight is 330 g/mol. The van der Waals surface area contributed by atoms with E-state index in [1.807, 2.05) is 0 Å². The standard InChI is InChI=1S/C13H18N2O4S2/c1-3-19-12(16)8-15(2)21(17,18)9-10-5-4-6-11(7-10)13(14)20/h4-7H,3,8-9H2,1-2H3,(H2,14,20). The molecule has 21 heavy (non-hydrogen) atoms. The molecule has 0 aliphatic heterocycles. The molecule has 1 rings (SSSR count). The van der Waals surface area contributed by atoms with E-state index in [9.17, 15) is 13.2 Å². The minimum absolute atomic E-state index is 0.203. The largest absolute Gasteiger partial charge is 0.465 e. The summed E-state index contributed by atoms with van der Waals surface area (Å²) in [6.07, 6.45) is 0. The van der Waals surface area contributed by atoms with Crippen molar-refractivity contribution in [2.75, 3.05) is 20.2 Å². The Kier molecular flexibility index (Phi) is 6.25. The van der Waals surface area contributed by atoms with E-state index >= 15 is 0 Å². The van der Waals surface area contributed by atoms with Crippen molar-refractivity contribution in [3.05, 3.63) is 35.4 Å². The highest BCUT2D eigenvalue weighted by molar-refractivity contribution is 7.88. The number of hydrogen-bond donors (Lipinski definition) is 1. The summed E-state index contributed by atoms with van der Waals surface area (Å²) >= 11 is 4.86. The van der Waals surface area contributed by atoms with E-state index < -0.39 is 16.0 Å². The van der Waals surface area contributed by atoms with Crippen molar-refractivity contribution in [3.63, 3.8) is 0 Å². The van der Waals surface area contributed by atoms with E-state index in [0.29, 0.717) is 11.1 Å². The Labute approximate surface area is 129 Å². The molecule has 0 saturated heterocycles. The van der Waals surface area contributed by atoms with E-state index in [-0.39, 0.29) is 23.9 Å². The van der Waals surface area contributed by atoms with Crippen LogP contribution >= 0.6 is 12.2 Å². The van der Waals surface area contributed by atoms with Crippen LogP contribution in [0.25, 0.3) is 0 Å². The van der Waals surface area contributed by atoms with Gasteiger partial charge in [0, 0.05) is 12.6 Å². The zero-order chi connectivity index (χ0) is 16.0. The maximum Gasteiger partial charge on any atom is 0.321 e. The number of nitrogens with zero attached hydrogens (tertiary/aromatic N) is 1. The van der Waals surface area contributed by atoms with Crippen molar-refractivity contribution in [3.8, 4) is 0 Å². The van der Waals surface area contributed by atoms with E-state index in [2.05, 4.69) is 0 Å². The second-order valence-electron chi connectivity index (χ2n) is 4.38. The van der Waals surface area contributed by atoms with Gasteiger partial charge in [-0.3, -0.25) is 4.79 Å². The Bertz CT molecular complexity index is 629. The van der Waals surface area contributed by atoms with Crippen LogP contribution in [-0.2, 0) is 25.3 Å². The molecule has 2 N–H and O–H groups in total. The van der Waals surface area contributed by atoms with Crippen LogP contribution in [0.3, 0.4) is 0 Å². The highest BCUT2D eigenvalue weighted by Gasteiger charge is 2.21. The molecule has 0 radical (unpaired) electrons. The Balaban J connectivity index is 2.82. The molecule has 0 fully saturated rings. The number of thiocarbonyl (C=S) groups is 1. The minimum Gasteiger partial charge on any atom is -0.465 e. The third-order valence-corrected chi connectivity index (χ3v) is 4.71. The third-order valence-electron chi connectivity index (χ3n) is 2.69. The first-order valence-electron chi connectivity index (χ1n) is 6.24. The van der Waals surface area contributed by atoms with E-state index in [4.69, 9.17) is 22.7 Å². The van der Waals surface area contributed by atoms with Gasteiger partial charge in [0.2, 0.25) is 10.0 Å². The maximum absolute atomic E-state index is 12.2. The summed E-state index contributed by atoms with van der Waals surface area (Å²) in [5.74, 6) is -0.820. The number of hydrogen-bond acceptors (Lipinski definition) is 5. The lowest BCUT2D eigenvalue weighted by Crippen LogP contribution is -2.34. The highest BCUT2D eigenvalue weighted by Crippen LogP contribution is 2.12. The van der Waals surface area contributed by atoms with Crippen molar-refractivity contribution in [2.24, 2.45) is 5.73 Å². The lowest BCUT2D eigenvalue weighted by atomic mass is 10.1. The molecular formula is C13H18N2O4S2. The summed E-state index contributed by atoms with van der Waals surface area (Å²) in [6.45, 7) is 1.56. The molecule has 0 aliphatic rings. The van der Waals surface area contributed by atoms with Gasteiger partial charge in [0.25, 0.3) is 0 Å². The second kappa shape index (κ2) is 7.48. The van der Waals surface area contributed by atoms with Crippen LogP contribution < -0.4 is 5.73 Å². The first kappa shape index (κ1) is 17.5. The molecule has 0 amide bonds. The van der Waals surface area contributed by atoms with Gasteiger partial charge in [0.05, 0.1) is 12.4 Å². The third kappa shape index (κ3) is 5.41. The van der Waals surface area contributed by atoms with Crippen LogP contribution in [0.2, 0.25) is 0 Å². The number of carbonyl (C=O) groups excluding carboxylic acids is 1. The van der Waals surface area contributed by atoms with Gasteiger partial charge >= 0.3 is 5.97 Å². The predicted molar refractivity (Wildman–Crippen MR) is 84.2 cm³/mol. The lowest BCUT2D eigenvalue weighted by molar-refractivity contribution is -0.143. The van der Waals surface area contributed by atoms with Crippen molar-refractivity contribution in [1.29, 1.82) is 0 Å². The lowest BCUT2D eigenvalue weighted by Gasteiger charge is -2.16. The molecule has 1 aromatic rings. The molecule has 0 spiro atoms. The number of ether oxygens (including phenoxy) is 1. The van der Waals surface area contributed by atoms with Crippen LogP contribution in [-0.4, -0.2) is 43.9 Å². The van der Waals surface area contributed by atoms with E-state index in [1.54, 1.807) is 31.2 Å². The summed E-state index contributed by atoms with van der Waals surface area (Å²) in [7, 11) is -2.28. The molecule has 1 aromatic carbocycles. The van der Waals surface area contributed by atoms with Crippen LogP contribution in [0, 0.1) is 0 Å². The van der Waals surface area contributed by atoms with Gasteiger partial charge in [-0.2, -0.15) is 4.31 Å². The molecule has 6 nitrogen and oxygen atoms in total. The van der Waals surface area contributed by atoms with E-state index in [1.165, 1.54) is 7.05 Å². The van der Waals surface area contributed by atoms with Gasteiger partial charge in [-0.1, -0.05) is 30.4 Å². The minimum atomic E-state index is -3.62. The number of rotatable bonds is 7. The molecule has 8 heteroatoms. The first-order chi connectivity index (χ1) is 9.76. The molecular weight excluding hydrogens is 312 g/mol. The smallest absolute Gasteiger partial charge is 0.321 e. The van der Waals surface area contributed by atoms with Crippen molar-refractivity contribution < 1.29 is 17.9 Å². The molecule has 0 aliphatic carbocycles. The number of likely N-dealkylation sites (N-methyl/N-ethyl adjacent to an activating group) is 1. The van der Waals surface area contributed by atoms with Crippen LogP contribution in [0.1, 0.15) is 18.1 Å². The molecule has 0 saturated carbocycles. The Hall–Kier alpha value is -1.51. The van der Waals surface area contributed by atoms with Crippen molar-refractivity contribution >= 4 is 33.2 Å². The number of nitrogens with two attached hydrogens (primary N) is 1. The normalized spacial score (nSPS) is 11.4. The fraction of sp³-hybridized carbons (Fsp3) is 0.385. The van der Waals surface area contributed by atoms with Crippen LogP contribution in [0.15, 0.2) is 24.3 Å². The summed E-state index contributed by atoms with van der Waals surface area (Å²) in [5, 5.41) is 0. The fourth-order valence-electron chi connectivity index (χ4n) is 1.62. The number of esters is 1. The molecule has 0 bridgehead atoms. The maximum atomic E-state index is 12.2. The summed E-state index contributed by atoms with van der Waals surface area (Å²) < 4.78 is 30.1.